The molecule has 6 nitrogen and oxygen atoms in total. The molecule has 25 heavy (non-hydrogen) atoms. The third kappa shape index (κ3) is 6.18. The van der Waals surface area contributed by atoms with Crippen LogP contribution in [0.25, 0.3) is 0 Å². The Hall–Kier alpha value is -3.02. The van der Waals surface area contributed by atoms with Crippen LogP contribution < -0.4 is 20.3 Å². The molecule has 2 rings (SSSR count). The van der Waals surface area contributed by atoms with E-state index in [4.69, 9.17) is 9.47 Å². The van der Waals surface area contributed by atoms with Crippen LogP contribution in [-0.4, -0.2) is 25.0 Å². The minimum atomic E-state index is -0.393. The summed E-state index contributed by atoms with van der Waals surface area (Å²) in [6, 6.07) is 14.2. The molecule has 0 aliphatic heterocycles. The van der Waals surface area contributed by atoms with Crippen LogP contribution in [-0.2, 0) is 4.79 Å². The molecule has 0 aromatic heterocycles. The first-order valence-corrected chi connectivity index (χ1v) is 8.10. The number of aryl methyl sites for hydroxylation is 1. The fraction of sp³-hybridized carbons (Fsp3) is 0.263. The number of nitrogens with one attached hydrogen (secondary N) is 2. The van der Waals surface area contributed by atoms with Gasteiger partial charge >= 0.3 is 0 Å². The molecule has 2 amide bonds. The monoisotopic (exact) mass is 342 g/mol. The molecule has 0 bridgehead atoms. The highest BCUT2D eigenvalue weighted by Crippen LogP contribution is 2.12. The first-order valence-electron chi connectivity index (χ1n) is 8.10. The zero-order valence-corrected chi connectivity index (χ0v) is 14.4. The van der Waals surface area contributed by atoms with Gasteiger partial charge in [0.2, 0.25) is 5.91 Å². The zero-order chi connectivity index (χ0) is 18.1. The second-order valence-corrected chi connectivity index (χ2v) is 5.37. The molecule has 132 valence electrons. The van der Waals surface area contributed by atoms with Crippen LogP contribution in [0, 0.1) is 6.92 Å². The smallest absolute Gasteiger partial charge is 0.269 e. The molecule has 2 N–H and O–H groups in total. The second kappa shape index (κ2) is 9.32. The molecule has 2 aromatic rings. The Balaban J connectivity index is 1.70. The van der Waals surface area contributed by atoms with E-state index in [-0.39, 0.29) is 18.9 Å². The number of benzene rings is 2. The fourth-order valence-electron chi connectivity index (χ4n) is 2.03. The van der Waals surface area contributed by atoms with Crippen LogP contribution in [0.2, 0.25) is 0 Å². The summed E-state index contributed by atoms with van der Waals surface area (Å²) in [6.45, 7) is 4.67. The molecule has 0 saturated heterocycles. The lowest BCUT2D eigenvalue weighted by molar-refractivity contribution is -0.122. The van der Waals surface area contributed by atoms with E-state index in [1.165, 1.54) is 0 Å². The maximum absolute atomic E-state index is 11.9. The maximum atomic E-state index is 11.9. The van der Waals surface area contributed by atoms with Crippen molar-refractivity contribution in [3.05, 3.63) is 59.7 Å². The van der Waals surface area contributed by atoms with Crippen molar-refractivity contribution in [1.82, 2.24) is 10.9 Å². The van der Waals surface area contributed by atoms with Gasteiger partial charge in [-0.1, -0.05) is 17.7 Å². The van der Waals surface area contributed by atoms with E-state index in [1.54, 1.807) is 24.3 Å². The van der Waals surface area contributed by atoms with Crippen LogP contribution in [0.3, 0.4) is 0 Å². The van der Waals surface area contributed by atoms with Gasteiger partial charge in [-0.2, -0.15) is 0 Å². The molecule has 6 heteroatoms. The van der Waals surface area contributed by atoms with Gasteiger partial charge in [-0.3, -0.25) is 20.4 Å². The number of hydrazine groups is 1. The predicted octanol–water partition coefficient (Wildman–Crippen LogP) is 2.62. The number of carbonyl (C=O) groups excluding carboxylic acids is 2. The Labute approximate surface area is 147 Å². The van der Waals surface area contributed by atoms with Crippen molar-refractivity contribution in [2.24, 2.45) is 0 Å². The van der Waals surface area contributed by atoms with Gasteiger partial charge < -0.3 is 9.47 Å². The Morgan fingerprint density at radius 1 is 0.880 bits per heavy atom. The molecule has 0 radical (unpaired) electrons. The van der Waals surface area contributed by atoms with Crippen molar-refractivity contribution in [2.75, 3.05) is 13.2 Å². The van der Waals surface area contributed by atoms with Crippen LogP contribution in [0.15, 0.2) is 48.5 Å². The molecule has 0 aliphatic rings. The predicted molar refractivity (Wildman–Crippen MR) is 94.5 cm³/mol. The molecular weight excluding hydrogens is 320 g/mol. The summed E-state index contributed by atoms with van der Waals surface area (Å²) in [5.74, 6) is 0.676. The molecule has 0 saturated carbocycles. The summed E-state index contributed by atoms with van der Waals surface area (Å²) in [6.07, 6.45) is 0.136. The molecule has 0 spiro atoms. The maximum Gasteiger partial charge on any atom is 0.269 e. The van der Waals surface area contributed by atoms with Gasteiger partial charge in [0.15, 0.2) is 0 Å². The molecule has 0 heterocycles. The number of carbonyl (C=O) groups is 2. The molecular formula is C19H22N2O4. The normalized spacial score (nSPS) is 10.0. The Bertz CT molecular complexity index is 696. The van der Waals surface area contributed by atoms with Crippen LogP contribution >= 0.6 is 0 Å². The third-order valence-electron chi connectivity index (χ3n) is 3.36. The highest BCUT2D eigenvalue weighted by Gasteiger charge is 2.08. The summed E-state index contributed by atoms with van der Waals surface area (Å²) in [7, 11) is 0. The highest BCUT2D eigenvalue weighted by atomic mass is 16.5. The Morgan fingerprint density at radius 2 is 1.48 bits per heavy atom. The van der Waals surface area contributed by atoms with Crippen LogP contribution in [0.5, 0.6) is 11.5 Å². The lowest BCUT2D eigenvalue weighted by Crippen LogP contribution is -2.42. The SMILES string of the molecule is CCOc1ccc(C(=O)NNC(=O)CCOc2ccc(C)cc2)cc1. The lowest BCUT2D eigenvalue weighted by atomic mass is 10.2. The first kappa shape index (κ1) is 18.3. The molecule has 2 aromatic carbocycles. The molecule has 0 unspecified atom stereocenters. The van der Waals surface area contributed by atoms with Crippen molar-refractivity contribution in [2.45, 2.75) is 20.3 Å². The summed E-state index contributed by atoms with van der Waals surface area (Å²) >= 11 is 0. The summed E-state index contributed by atoms with van der Waals surface area (Å²) < 4.78 is 10.8. The average molecular weight is 342 g/mol. The van der Waals surface area contributed by atoms with E-state index in [0.717, 1.165) is 5.56 Å². The summed E-state index contributed by atoms with van der Waals surface area (Å²) in [5.41, 5.74) is 6.31. The average Bonchev–Trinajstić information content (AvgIpc) is 2.62. The van der Waals surface area contributed by atoms with Gasteiger partial charge in [0.1, 0.15) is 11.5 Å². The van der Waals surface area contributed by atoms with E-state index in [1.807, 2.05) is 38.1 Å². The van der Waals surface area contributed by atoms with Crippen LogP contribution in [0.1, 0.15) is 29.3 Å². The van der Waals surface area contributed by atoms with E-state index in [0.29, 0.717) is 23.7 Å². The highest BCUT2D eigenvalue weighted by molar-refractivity contribution is 5.95. The van der Waals surface area contributed by atoms with Gasteiger partial charge in [0.05, 0.1) is 19.6 Å². The van der Waals surface area contributed by atoms with E-state index in [9.17, 15) is 9.59 Å². The number of hydrogen-bond acceptors (Lipinski definition) is 4. The number of rotatable bonds is 7. The van der Waals surface area contributed by atoms with Gasteiger partial charge in [-0.25, -0.2) is 0 Å². The van der Waals surface area contributed by atoms with Crippen molar-refractivity contribution < 1.29 is 19.1 Å². The molecule has 0 fully saturated rings. The van der Waals surface area contributed by atoms with Crippen molar-refractivity contribution in [3.8, 4) is 11.5 Å². The van der Waals surface area contributed by atoms with E-state index >= 15 is 0 Å². The van der Waals surface area contributed by atoms with Crippen molar-refractivity contribution in [1.29, 1.82) is 0 Å². The summed E-state index contributed by atoms with van der Waals surface area (Å²) in [4.78, 5) is 23.7. The topological polar surface area (TPSA) is 76.7 Å². The van der Waals surface area contributed by atoms with E-state index < -0.39 is 5.91 Å². The van der Waals surface area contributed by atoms with Crippen LogP contribution in [0.4, 0.5) is 0 Å². The fourth-order valence-corrected chi connectivity index (χ4v) is 2.03. The molecule has 0 aliphatic carbocycles. The number of amides is 2. The number of hydrogen-bond donors (Lipinski definition) is 2. The minimum absolute atomic E-state index is 0.136. The number of ether oxygens (including phenoxy) is 2. The largest absolute Gasteiger partial charge is 0.494 e. The standard InChI is InChI=1S/C19H22N2O4/c1-3-24-16-10-6-15(7-11-16)19(23)21-20-18(22)12-13-25-17-8-4-14(2)5-9-17/h4-11H,3,12-13H2,1-2H3,(H,20,22)(H,21,23). The molecule has 0 atom stereocenters. The third-order valence-corrected chi connectivity index (χ3v) is 3.36. The van der Waals surface area contributed by atoms with Gasteiger partial charge in [-0.15, -0.1) is 0 Å². The van der Waals surface area contributed by atoms with Gasteiger partial charge in [0, 0.05) is 5.56 Å². The van der Waals surface area contributed by atoms with Gasteiger partial charge in [0.25, 0.3) is 5.91 Å². The minimum Gasteiger partial charge on any atom is -0.494 e. The second-order valence-electron chi connectivity index (χ2n) is 5.37. The zero-order valence-electron chi connectivity index (χ0n) is 14.4. The lowest BCUT2D eigenvalue weighted by Gasteiger charge is -2.09. The van der Waals surface area contributed by atoms with Gasteiger partial charge in [-0.05, 0) is 50.2 Å². The quantitative estimate of drug-likeness (QED) is 0.759. The van der Waals surface area contributed by atoms with E-state index in [2.05, 4.69) is 10.9 Å². The Kier molecular flexibility index (Phi) is 6.83. The summed E-state index contributed by atoms with van der Waals surface area (Å²) in [5, 5.41) is 0. The Morgan fingerprint density at radius 3 is 2.12 bits per heavy atom. The van der Waals surface area contributed by atoms with Crippen molar-refractivity contribution >= 4 is 11.8 Å². The first-order chi connectivity index (χ1) is 12.1. The van der Waals surface area contributed by atoms with Crippen molar-refractivity contribution in [3.63, 3.8) is 0 Å².